The number of amides is 1. The highest BCUT2D eigenvalue weighted by Gasteiger charge is 2.23. The number of carbonyl (C=O) groups is 2. The molecule has 0 spiro atoms. The van der Waals surface area contributed by atoms with Gasteiger partial charge in [-0.15, -0.1) is 0 Å². The number of thiazole rings is 1. The maximum atomic E-state index is 12.4. The Morgan fingerprint density at radius 1 is 1.32 bits per heavy atom. The van der Waals surface area contributed by atoms with E-state index in [-0.39, 0.29) is 17.2 Å². The van der Waals surface area contributed by atoms with E-state index in [1.165, 1.54) is 7.11 Å². The van der Waals surface area contributed by atoms with E-state index in [1.54, 1.807) is 9.95 Å². The summed E-state index contributed by atoms with van der Waals surface area (Å²) in [4.78, 5) is 39.4. The summed E-state index contributed by atoms with van der Waals surface area (Å²) >= 11 is 1.15. The fraction of sp³-hybridized carbons (Fsp3) is 0.350. The molecular weight excluding hydrogens is 378 g/mol. The van der Waals surface area contributed by atoms with Gasteiger partial charge in [0.25, 0.3) is 0 Å². The Morgan fingerprint density at radius 2 is 2.11 bits per heavy atom. The molecule has 3 rings (SSSR count). The Kier molecular flexibility index (Phi) is 6.30. The molecule has 8 heteroatoms. The number of fused-ring (bicyclic) bond motifs is 1. The van der Waals surface area contributed by atoms with Gasteiger partial charge in [0.2, 0.25) is 5.91 Å². The summed E-state index contributed by atoms with van der Waals surface area (Å²) in [6.45, 7) is 2.35. The standard InChI is InChI=1S/C20H23N3O4S/c1-13-12-28-20(26)23(13)9-5-8-18(24)22-17(19(25)27-2)10-14-11-21-16-7-4-3-6-15(14)16/h3-4,6-7,11-12,17,21H,5,8-10H2,1-2H3,(H,22,24). The zero-order valence-corrected chi connectivity index (χ0v) is 16.7. The van der Waals surface area contributed by atoms with Crippen molar-refractivity contribution >= 4 is 34.1 Å². The van der Waals surface area contributed by atoms with Crippen molar-refractivity contribution in [3.8, 4) is 0 Å². The monoisotopic (exact) mass is 401 g/mol. The predicted molar refractivity (Wildman–Crippen MR) is 108 cm³/mol. The number of aryl methyl sites for hydroxylation is 1. The molecule has 1 aromatic carbocycles. The minimum absolute atomic E-state index is 0.0234. The number of nitrogens with one attached hydrogen (secondary N) is 2. The Labute approximate surface area is 166 Å². The summed E-state index contributed by atoms with van der Waals surface area (Å²) < 4.78 is 6.52. The molecule has 0 aliphatic heterocycles. The highest BCUT2D eigenvalue weighted by Crippen LogP contribution is 2.19. The molecule has 0 fully saturated rings. The lowest BCUT2D eigenvalue weighted by molar-refractivity contribution is -0.145. The Morgan fingerprint density at radius 3 is 2.82 bits per heavy atom. The molecule has 7 nitrogen and oxygen atoms in total. The lowest BCUT2D eigenvalue weighted by Gasteiger charge is -2.16. The first-order chi connectivity index (χ1) is 13.5. The van der Waals surface area contributed by atoms with Gasteiger partial charge in [-0.1, -0.05) is 29.5 Å². The molecule has 2 heterocycles. The average Bonchev–Trinajstić information content (AvgIpc) is 3.24. The smallest absolute Gasteiger partial charge is 0.328 e. The van der Waals surface area contributed by atoms with Gasteiger partial charge in [0, 0.05) is 47.6 Å². The van der Waals surface area contributed by atoms with Crippen molar-refractivity contribution in [1.82, 2.24) is 14.9 Å². The molecular formula is C20H23N3O4S. The molecule has 2 N–H and O–H groups in total. The third-order valence-electron chi connectivity index (χ3n) is 4.68. The van der Waals surface area contributed by atoms with E-state index in [0.717, 1.165) is 33.5 Å². The van der Waals surface area contributed by atoms with Crippen molar-refractivity contribution in [2.75, 3.05) is 7.11 Å². The second-order valence-electron chi connectivity index (χ2n) is 6.61. The van der Waals surface area contributed by atoms with Gasteiger partial charge >= 0.3 is 10.8 Å². The second kappa shape index (κ2) is 8.88. The number of ether oxygens (including phenoxy) is 1. The van der Waals surface area contributed by atoms with Gasteiger partial charge in [-0.2, -0.15) is 0 Å². The van der Waals surface area contributed by atoms with E-state index in [0.29, 0.717) is 19.4 Å². The van der Waals surface area contributed by atoms with Crippen molar-refractivity contribution in [3.05, 3.63) is 56.8 Å². The van der Waals surface area contributed by atoms with E-state index >= 15 is 0 Å². The van der Waals surface area contributed by atoms with Crippen molar-refractivity contribution in [2.24, 2.45) is 0 Å². The molecule has 0 aliphatic rings. The number of hydrogen-bond donors (Lipinski definition) is 2. The summed E-state index contributed by atoms with van der Waals surface area (Å²) in [6.07, 6.45) is 2.93. The lowest BCUT2D eigenvalue weighted by Crippen LogP contribution is -2.43. The van der Waals surface area contributed by atoms with Crippen LogP contribution in [0.2, 0.25) is 0 Å². The first kappa shape index (κ1) is 19.9. The number of H-pyrrole nitrogens is 1. The SMILES string of the molecule is COC(=O)C(Cc1c[nH]c2ccccc12)NC(=O)CCCn1c(C)csc1=O. The molecule has 0 saturated carbocycles. The highest BCUT2D eigenvalue weighted by molar-refractivity contribution is 7.07. The number of esters is 1. The minimum atomic E-state index is -0.762. The molecule has 1 unspecified atom stereocenters. The Bertz CT molecular complexity index is 1030. The third-order valence-corrected chi connectivity index (χ3v) is 5.56. The molecule has 1 amide bonds. The topological polar surface area (TPSA) is 93.2 Å². The van der Waals surface area contributed by atoms with Crippen LogP contribution in [0.15, 0.2) is 40.6 Å². The molecule has 3 aromatic rings. The maximum Gasteiger partial charge on any atom is 0.328 e. The van der Waals surface area contributed by atoms with Crippen molar-refractivity contribution in [3.63, 3.8) is 0 Å². The van der Waals surface area contributed by atoms with Gasteiger partial charge in [0.15, 0.2) is 0 Å². The Balaban J connectivity index is 1.61. The van der Waals surface area contributed by atoms with Crippen molar-refractivity contribution < 1.29 is 14.3 Å². The summed E-state index contributed by atoms with van der Waals surface area (Å²) in [5.41, 5.74) is 2.80. The molecule has 0 aliphatic carbocycles. The summed E-state index contributed by atoms with van der Waals surface area (Å²) in [5, 5.41) is 5.58. The van der Waals surface area contributed by atoms with Gasteiger partial charge in [0.05, 0.1) is 7.11 Å². The molecule has 1 atom stereocenters. The number of carbonyl (C=O) groups excluding carboxylic acids is 2. The number of methoxy groups -OCH3 is 1. The number of para-hydroxylation sites is 1. The zero-order valence-electron chi connectivity index (χ0n) is 15.9. The lowest BCUT2D eigenvalue weighted by atomic mass is 10.0. The third kappa shape index (κ3) is 4.51. The van der Waals surface area contributed by atoms with Crippen LogP contribution < -0.4 is 10.2 Å². The molecule has 2 aromatic heterocycles. The molecule has 0 saturated heterocycles. The number of hydrogen-bond acceptors (Lipinski definition) is 5. The largest absolute Gasteiger partial charge is 0.467 e. The number of benzene rings is 1. The van der Waals surface area contributed by atoms with Crippen LogP contribution in [0, 0.1) is 6.92 Å². The first-order valence-electron chi connectivity index (χ1n) is 9.06. The summed E-state index contributed by atoms with van der Waals surface area (Å²) in [7, 11) is 1.31. The normalized spacial score (nSPS) is 12.1. The summed E-state index contributed by atoms with van der Waals surface area (Å²) in [6, 6.07) is 7.03. The highest BCUT2D eigenvalue weighted by atomic mass is 32.1. The average molecular weight is 401 g/mol. The van der Waals surface area contributed by atoms with Crippen LogP contribution in [0.1, 0.15) is 24.1 Å². The number of aromatic amines is 1. The second-order valence-corrected chi connectivity index (χ2v) is 7.43. The van der Waals surface area contributed by atoms with E-state index in [4.69, 9.17) is 4.74 Å². The summed E-state index contributed by atoms with van der Waals surface area (Å²) in [5.74, 6) is -0.722. The van der Waals surface area contributed by atoms with Crippen LogP contribution in [0.5, 0.6) is 0 Å². The number of nitrogens with zero attached hydrogens (tertiary/aromatic N) is 1. The Hall–Kier alpha value is -2.87. The van der Waals surface area contributed by atoms with Crippen LogP contribution in [0.4, 0.5) is 0 Å². The van der Waals surface area contributed by atoms with Crippen LogP contribution >= 0.6 is 11.3 Å². The van der Waals surface area contributed by atoms with Crippen molar-refractivity contribution in [1.29, 1.82) is 0 Å². The fourth-order valence-corrected chi connectivity index (χ4v) is 3.96. The molecule has 0 radical (unpaired) electrons. The van der Waals surface area contributed by atoms with Gasteiger partial charge < -0.3 is 19.6 Å². The van der Waals surface area contributed by atoms with Crippen LogP contribution in [0.3, 0.4) is 0 Å². The number of aromatic nitrogens is 2. The van der Waals surface area contributed by atoms with E-state index in [1.807, 2.05) is 37.4 Å². The van der Waals surface area contributed by atoms with Crippen molar-refractivity contribution in [2.45, 2.75) is 38.8 Å². The van der Waals surface area contributed by atoms with E-state index in [9.17, 15) is 14.4 Å². The molecule has 148 valence electrons. The van der Waals surface area contributed by atoms with Gasteiger partial charge in [-0.25, -0.2) is 4.79 Å². The zero-order chi connectivity index (χ0) is 20.1. The van der Waals surface area contributed by atoms with Crippen LogP contribution in [0.25, 0.3) is 10.9 Å². The molecule has 28 heavy (non-hydrogen) atoms. The van der Waals surface area contributed by atoms with Gasteiger partial charge in [0.1, 0.15) is 6.04 Å². The van der Waals surface area contributed by atoms with Gasteiger partial charge in [-0.05, 0) is 25.0 Å². The van der Waals surface area contributed by atoms with Gasteiger partial charge in [-0.3, -0.25) is 9.59 Å². The molecule has 0 bridgehead atoms. The maximum absolute atomic E-state index is 12.4. The van der Waals surface area contributed by atoms with E-state index < -0.39 is 12.0 Å². The predicted octanol–water partition coefficient (Wildman–Crippen LogP) is 2.38. The van der Waals surface area contributed by atoms with Crippen LogP contribution in [-0.4, -0.2) is 34.6 Å². The van der Waals surface area contributed by atoms with E-state index in [2.05, 4.69) is 10.3 Å². The quantitative estimate of drug-likeness (QED) is 0.567. The minimum Gasteiger partial charge on any atom is -0.467 e. The fourth-order valence-electron chi connectivity index (χ4n) is 3.19. The number of rotatable bonds is 8. The first-order valence-corrected chi connectivity index (χ1v) is 9.94. The van der Waals surface area contributed by atoms with Crippen LogP contribution in [-0.2, 0) is 27.3 Å².